The topological polar surface area (TPSA) is 72.2 Å². The van der Waals surface area contributed by atoms with E-state index in [1.165, 1.54) is 4.90 Å². The van der Waals surface area contributed by atoms with Crippen LogP contribution in [0.2, 0.25) is 0 Å². The van der Waals surface area contributed by atoms with Gasteiger partial charge in [0.15, 0.2) is 0 Å². The van der Waals surface area contributed by atoms with Crippen LogP contribution in [0.3, 0.4) is 0 Å². The summed E-state index contributed by atoms with van der Waals surface area (Å²) in [5, 5.41) is 3.40. The molecule has 0 saturated carbocycles. The van der Waals surface area contributed by atoms with Gasteiger partial charge >= 0.3 is 0 Å². The molecule has 0 aliphatic carbocycles. The normalized spacial score (nSPS) is 10.6. The van der Waals surface area contributed by atoms with E-state index in [0.29, 0.717) is 17.4 Å². The Morgan fingerprint density at radius 2 is 1.50 bits per heavy atom. The van der Waals surface area contributed by atoms with Crippen molar-refractivity contribution in [2.45, 2.75) is 36.8 Å². The molecule has 0 aliphatic rings. The Morgan fingerprint density at radius 3 is 2.04 bits per heavy atom. The number of nitrogens with one attached hydrogen (secondary N) is 1. The van der Waals surface area contributed by atoms with Crippen LogP contribution in [0.15, 0.2) is 53.4 Å². The van der Waals surface area contributed by atoms with Crippen molar-refractivity contribution in [1.82, 2.24) is 0 Å². The number of carbonyl (C=O) groups excluding carboxylic acids is 2. The standard InChI is InChI=1S/C19H22N2O2S/c1-13(2)24-17-9-5-15(6-10-17)12-19(23)21-16-7-3-14(4-8-16)11-18(20)22/h3-10,13H,11-12H2,1-2H3,(H2,20,22)(H,21,23). The third kappa shape index (κ3) is 6.08. The van der Waals surface area contributed by atoms with Crippen molar-refractivity contribution in [2.75, 3.05) is 5.32 Å². The summed E-state index contributed by atoms with van der Waals surface area (Å²) in [6.07, 6.45) is 0.532. The molecule has 0 aromatic heterocycles. The summed E-state index contributed by atoms with van der Waals surface area (Å²) in [5.41, 5.74) is 7.67. The fourth-order valence-corrected chi connectivity index (χ4v) is 3.09. The second kappa shape index (κ2) is 8.55. The molecule has 0 radical (unpaired) electrons. The van der Waals surface area contributed by atoms with Gasteiger partial charge in [0, 0.05) is 15.8 Å². The first-order valence-corrected chi connectivity index (χ1v) is 8.73. The predicted molar refractivity (Wildman–Crippen MR) is 99.1 cm³/mol. The van der Waals surface area contributed by atoms with Gasteiger partial charge in [-0.25, -0.2) is 0 Å². The van der Waals surface area contributed by atoms with E-state index in [9.17, 15) is 9.59 Å². The van der Waals surface area contributed by atoms with Crippen LogP contribution in [0.1, 0.15) is 25.0 Å². The average Bonchev–Trinajstić information content (AvgIpc) is 2.50. The van der Waals surface area contributed by atoms with Gasteiger partial charge in [0.05, 0.1) is 12.8 Å². The van der Waals surface area contributed by atoms with Crippen LogP contribution in [0.5, 0.6) is 0 Å². The van der Waals surface area contributed by atoms with Gasteiger partial charge in [0.1, 0.15) is 0 Å². The van der Waals surface area contributed by atoms with Crippen LogP contribution in [0, 0.1) is 0 Å². The Bertz CT molecular complexity index is 694. The van der Waals surface area contributed by atoms with Gasteiger partial charge in [-0.2, -0.15) is 0 Å². The van der Waals surface area contributed by atoms with Gasteiger partial charge < -0.3 is 11.1 Å². The van der Waals surface area contributed by atoms with E-state index in [2.05, 4.69) is 19.2 Å². The molecule has 0 heterocycles. The van der Waals surface area contributed by atoms with Crippen LogP contribution in [0.4, 0.5) is 5.69 Å². The van der Waals surface area contributed by atoms with Crippen molar-refractivity contribution in [3.05, 3.63) is 59.7 Å². The molecule has 2 aromatic carbocycles. The highest BCUT2D eigenvalue weighted by atomic mass is 32.2. The largest absolute Gasteiger partial charge is 0.369 e. The van der Waals surface area contributed by atoms with Crippen molar-refractivity contribution < 1.29 is 9.59 Å². The summed E-state index contributed by atoms with van der Waals surface area (Å²) in [4.78, 5) is 24.2. The second-order valence-electron chi connectivity index (χ2n) is 5.88. The molecule has 126 valence electrons. The molecule has 0 fully saturated rings. The number of primary amides is 1. The highest BCUT2D eigenvalue weighted by Gasteiger charge is 2.06. The molecule has 0 spiro atoms. The average molecular weight is 342 g/mol. The zero-order valence-electron chi connectivity index (χ0n) is 13.9. The lowest BCUT2D eigenvalue weighted by molar-refractivity contribution is -0.117. The van der Waals surface area contributed by atoms with Gasteiger partial charge in [-0.3, -0.25) is 9.59 Å². The van der Waals surface area contributed by atoms with Crippen molar-refractivity contribution in [3.8, 4) is 0 Å². The molecule has 0 bridgehead atoms. The first-order chi connectivity index (χ1) is 11.4. The van der Waals surface area contributed by atoms with E-state index in [0.717, 1.165) is 11.1 Å². The highest BCUT2D eigenvalue weighted by Crippen LogP contribution is 2.23. The Balaban J connectivity index is 1.89. The van der Waals surface area contributed by atoms with Crippen LogP contribution in [-0.2, 0) is 22.4 Å². The molecule has 2 amide bonds. The first-order valence-electron chi connectivity index (χ1n) is 7.85. The van der Waals surface area contributed by atoms with Crippen molar-refractivity contribution in [2.24, 2.45) is 5.73 Å². The summed E-state index contributed by atoms with van der Waals surface area (Å²) in [6, 6.07) is 15.2. The van der Waals surface area contributed by atoms with E-state index in [1.54, 1.807) is 36.0 Å². The highest BCUT2D eigenvalue weighted by molar-refractivity contribution is 7.99. The third-order valence-corrected chi connectivity index (χ3v) is 4.29. The Morgan fingerprint density at radius 1 is 0.958 bits per heavy atom. The third-order valence-electron chi connectivity index (χ3n) is 3.28. The van der Waals surface area contributed by atoms with Gasteiger partial charge in [-0.1, -0.05) is 38.1 Å². The SMILES string of the molecule is CC(C)Sc1ccc(CC(=O)Nc2ccc(CC(N)=O)cc2)cc1. The number of benzene rings is 2. The first kappa shape index (κ1) is 18.1. The molecule has 5 heteroatoms. The van der Waals surface area contributed by atoms with Gasteiger partial charge in [-0.05, 0) is 35.4 Å². The summed E-state index contributed by atoms with van der Waals surface area (Å²) < 4.78 is 0. The molecule has 0 aliphatic heterocycles. The molecule has 0 unspecified atom stereocenters. The maximum absolute atomic E-state index is 12.1. The Kier molecular flexibility index (Phi) is 6.44. The fraction of sp³-hybridized carbons (Fsp3) is 0.263. The molecule has 2 rings (SSSR count). The number of anilines is 1. The quantitative estimate of drug-likeness (QED) is 0.758. The van der Waals surface area contributed by atoms with Crippen molar-refractivity contribution in [1.29, 1.82) is 0 Å². The summed E-state index contributed by atoms with van der Waals surface area (Å²) in [6.45, 7) is 4.31. The number of carbonyl (C=O) groups is 2. The van der Waals surface area contributed by atoms with E-state index in [4.69, 9.17) is 5.73 Å². The van der Waals surface area contributed by atoms with Gasteiger partial charge in [0.2, 0.25) is 11.8 Å². The fourth-order valence-electron chi connectivity index (χ4n) is 2.26. The molecule has 24 heavy (non-hydrogen) atoms. The van der Waals surface area contributed by atoms with Crippen LogP contribution in [-0.4, -0.2) is 17.1 Å². The molecular weight excluding hydrogens is 320 g/mol. The second-order valence-corrected chi connectivity index (χ2v) is 7.53. The minimum Gasteiger partial charge on any atom is -0.369 e. The molecule has 0 atom stereocenters. The number of thioether (sulfide) groups is 1. The maximum atomic E-state index is 12.1. The van der Waals surface area contributed by atoms with Crippen molar-refractivity contribution in [3.63, 3.8) is 0 Å². The number of nitrogens with two attached hydrogens (primary N) is 1. The van der Waals surface area contributed by atoms with Crippen molar-refractivity contribution >= 4 is 29.3 Å². The van der Waals surface area contributed by atoms with E-state index in [-0.39, 0.29) is 18.2 Å². The smallest absolute Gasteiger partial charge is 0.228 e. The lowest BCUT2D eigenvalue weighted by atomic mass is 10.1. The number of rotatable bonds is 7. The van der Waals surface area contributed by atoms with Crippen LogP contribution >= 0.6 is 11.8 Å². The Labute approximate surface area is 146 Å². The number of hydrogen-bond acceptors (Lipinski definition) is 3. The van der Waals surface area contributed by atoms with Gasteiger partial charge in [-0.15, -0.1) is 11.8 Å². The minimum atomic E-state index is -0.370. The maximum Gasteiger partial charge on any atom is 0.228 e. The predicted octanol–water partition coefficient (Wildman–Crippen LogP) is 3.40. The Hall–Kier alpha value is -2.27. The summed E-state index contributed by atoms with van der Waals surface area (Å²) in [5.74, 6) is -0.437. The molecule has 0 saturated heterocycles. The zero-order valence-corrected chi connectivity index (χ0v) is 14.7. The van der Waals surface area contributed by atoms with E-state index >= 15 is 0 Å². The molecule has 3 N–H and O–H groups in total. The van der Waals surface area contributed by atoms with Crippen LogP contribution < -0.4 is 11.1 Å². The number of hydrogen-bond donors (Lipinski definition) is 2. The monoisotopic (exact) mass is 342 g/mol. The number of amides is 2. The zero-order chi connectivity index (χ0) is 17.5. The summed E-state index contributed by atoms with van der Waals surface area (Å²) >= 11 is 1.80. The lowest BCUT2D eigenvalue weighted by Gasteiger charge is -2.08. The minimum absolute atomic E-state index is 0.0677. The molecule has 2 aromatic rings. The van der Waals surface area contributed by atoms with E-state index < -0.39 is 0 Å². The molecular formula is C19H22N2O2S. The molecule has 4 nitrogen and oxygen atoms in total. The summed E-state index contributed by atoms with van der Waals surface area (Å²) in [7, 11) is 0. The van der Waals surface area contributed by atoms with E-state index in [1.807, 2.05) is 24.3 Å². The van der Waals surface area contributed by atoms with Crippen LogP contribution in [0.25, 0.3) is 0 Å². The lowest BCUT2D eigenvalue weighted by Crippen LogP contribution is -2.15. The van der Waals surface area contributed by atoms with Gasteiger partial charge in [0.25, 0.3) is 0 Å².